The van der Waals surface area contributed by atoms with E-state index in [-0.39, 0.29) is 17.9 Å². The molecule has 0 saturated carbocycles. The van der Waals surface area contributed by atoms with E-state index >= 15 is 0 Å². The van der Waals surface area contributed by atoms with Crippen LogP contribution in [0.25, 0.3) is 0 Å². The molecule has 0 aromatic heterocycles. The van der Waals surface area contributed by atoms with Crippen LogP contribution in [0.4, 0.5) is 9.18 Å². The van der Waals surface area contributed by atoms with Crippen LogP contribution in [-0.2, 0) is 5.54 Å². The van der Waals surface area contributed by atoms with Crippen molar-refractivity contribution in [2.45, 2.75) is 38.3 Å². The van der Waals surface area contributed by atoms with Crippen LogP contribution in [0.1, 0.15) is 32.3 Å². The third-order valence-electron chi connectivity index (χ3n) is 3.79. The van der Waals surface area contributed by atoms with Crippen LogP contribution in [0.3, 0.4) is 0 Å². The maximum absolute atomic E-state index is 13.3. The maximum atomic E-state index is 13.3. The number of halogens is 1. The van der Waals surface area contributed by atoms with Crippen molar-refractivity contribution in [2.24, 2.45) is 5.73 Å². The number of carbonyl (C=O) groups is 1. The van der Waals surface area contributed by atoms with Crippen LogP contribution in [-0.4, -0.2) is 30.1 Å². The third kappa shape index (κ3) is 3.48. The Kier molecular flexibility index (Phi) is 4.28. The van der Waals surface area contributed by atoms with Gasteiger partial charge in [0.05, 0.1) is 5.54 Å². The number of nitrogens with two attached hydrogens (primary N) is 1. The molecule has 1 aromatic carbocycles. The van der Waals surface area contributed by atoms with Crippen molar-refractivity contribution < 1.29 is 9.18 Å². The Hall–Kier alpha value is -1.62. The molecule has 1 fully saturated rings. The van der Waals surface area contributed by atoms with Crippen molar-refractivity contribution >= 4 is 6.03 Å². The summed E-state index contributed by atoms with van der Waals surface area (Å²) in [6.07, 6.45) is 1.65. The number of benzene rings is 1. The van der Waals surface area contributed by atoms with E-state index in [2.05, 4.69) is 5.32 Å². The molecule has 110 valence electrons. The molecule has 2 rings (SSSR count). The van der Waals surface area contributed by atoms with E-state index in [4.69, 9.17) is 5.73 Å². The van der Waals surface area contributed by atoms with Gasteiger partial charge in [-0.1, -0.05) is 12.1 Å². The van der Waals surface area contributed by atoms with Crippen molar-refractivity contribution in [1.82, 2.24) is 10.2 Å². The number of hydrogen-bond acceptors (Lipinski definition) is 2. The van der Waals surface area contributed by atoms with E-state index in [1.54, 1.807) is 11.0 Å². The summed E-state index contributed by atoms with van der Waals surface area (Å²) < 4.78 is 13.3. The van der Waals surface area contributed by atoms with Gasteiger partial charge < -0.3 is 16.0 Å². The van der Waals surface area contributed by atoms with Crippen LogP contribution < -0.4 is 11.1 Å². The van der Waals surface area contributed by atoms with Crippen LogP contribution in [0, 0.1) is 5.82 Å². The fourth-order valence-corrected chi connectivity index (χ4v) is 2.40. The van der Waals surface area contributed by atoms with Crippen molar-refractivity contribution in [3.8, 4) is 0 Å². The Bertz CT molecular complexity index is 482. The summed E-state index contributed by atoms with van der Waals surface area (Å²) in [5.74, 6) is -0.297. The third-order valence-corrected chi connectivity index (χ3v) is 3.79. The van der Waals surface area contributed by atoms with E-state index in [0.29, 0.717) is 13.1 Å². The number of hydrogen-bond donors (Lipinski definition) is 2. The molecule has 0 radical (unpaired) electrons. The number of amides is 2. The molecule has 1 saturated heterocycles. The number of piperidine rings is 1. The van der Waals surface area contributed by atoms with Gasteiger partial charge in [-0.3, -0.25) is 0 Å². The van der Waals surface area contributed by atoms with E-state index in [9.17, 15) is 9.18 Å². The highest BCUT2D eigenvalue weighted by Crippen LogP contribution is 2.21. The lowest BCUT2D eigenvalue weighted by Crippen LogP contribution is -2.52. The normalized spacial score (nSPS) is 17.1. The SMILES string of the molecule is CC(C)(NC(=O)N1CCC(N)CC1)c1cccc(F)c1. The number of carbonyl (C=O) groups excluding carboxylic acids is 1. The Morgan fingerprint density at radius 3 is 2.65 bits per heavy atom. The van der Waals surface area contributed by atoms with Gasteiger partial charge in [0.25, 0.3) is 0 Å². The van der Waals surface area contributed by atoms with E-state index in [1.807, 2.05) is 19.9 Å². The second-order valence-electron chi connectivity index (χ2n) is 5.89. The summed E-state index contributed by atoms with van der Waals surface area (Å²) in [4.78, 5) is 14.0. The first kappa shape index (κ1) is 14.8. The number of rotatable bonds is 2. The zero-order chi connectivity index (χ0) is 14.8. The minimum absolute atomic E-state index is 0.119. The standard InChI is InChI=1S/C15H22FN3O/c1-15(2,11-4-3-5-12(16)10-11)18-14(20)19-8-6-13(17)7-9-19/h3-5,10,13H,6-9,17H2,1-2H3,(H,18,20). The van der Waals surface area contributed by atoms with Gasteiger partial charge in [0, 0.05) is 19.1 Å². The van der Waals surface area contributed by atoms with Crippen molar-refractivity contribution in [3.63, 3.8) is 0 Å². The van der Waals surface area contributed by atoms with Gasteiger partial charge in [0.15, 0.2) is 0 Å². The van der Waals surface area contributed by atoms with Gasteiger partial charge in [0.2, 0.25) is 0 Å². The fourth-order valence-electron chi connectivity index (χ4n) is 2.40. The first-order chi connectivity index (χ1) is 9.38. The zero-order valence-corrected chi connectivity index (χ0v) is 12.0. The Morgan fingerprint density at radius 2 is 2.05 bits per heavy atom. The predicted molar refractivity (Wildman–Crippen MR) is 76.7 cm³/mol. The summed E-state index contributed by atoms with van der Waals surface area (Å²) in [5, 5.41) is 2.96. The molecule has 0 bridgehead atoms. The lowest BCUT2D eigenvalue weighted by atomic mass is 9.94. The summed E-state index contributed by atoms with van der Waals surface area (Å²) in [7, 11) is 0. The fraction of sp³-hybridized carbons (Fsp3) is 0.533. The lowest BCUT2D eigenvalue weighted by molar-refractivity contribution is 0.171. The summed E-state index contributed by atoms with van der Waals surface area (Å²) in [6, 6.07) is 6.38. The molecule has 0 aliphatic carbocycles. The topological polar surface area (TPSA) is 58.4 Å². The van der Waals surface area contributed by atoms with Crippen LogP contribution in [0.5, 0.6) is 0 Å². The minimum Gasteiger partial charge on any atom is -0.329 e. The minimum atomic E-state index is -0.612. The van der Waals surface area contributed by atoms with Crippen LogP contribution in [0.15, 0.2) is 24.3 Å². The molecule has 0 atom stereocenters. The first-order valence-corrected chi connectivity index (χ1v) is 6.97. The molecule has 1 aliphatic heterocycles. The summed E-state index contributed by atoms with van der Waals surface area (Å²) in [6.45, 7) is 5.09. The van der Waals surface area contributed by atoms with Gasteiger partial charge in [-0.15, -0.1) is 0 Å². The number of nitrogens with one attached hydrogen (secondary N) is 1. The van der Waals surface area contributed by atoms with Gasteiger partial charge >= 0.3 is 6.03 Å². The smallest absolute Gasteiger partial charge is 0.318 e. The van der Waals surface area contributed by atoms with Crippen molar-refractivity contribution in [3.05, 3.63) is 35.6 Å². The van der Waals surface area contributed by atoms with E-state index in [1.165, 1.54) is 12.1 Å². The van der Waals surface area contributed by atoms with E-state index in [0.717, 1.165) is 18.4 Å². The van der Waals surface area contributed by atoms with Gasteiger partial charge in [0.1, 0.15) is 5.82 Å². The molecule has 20 heavy (non-hydrogen) atoms. The second kappa shape index (κ2) is 5.79. The van der Waals surface area contributed by atoms with E-state index < -0.39 is 5.54 Å². The van der Waals surface area contributed by atoms with Crippen LogP contribution in [0.2, 0.25) is 0 Å². The molecule has 2 amide bonds. The molecule has 1 aromatic rings. The molecule has 3 N–H and O–H groups in total. The Balaban J connectivity index is 2.02. The van der Waals surface area contributed by atoms with Gasteiger partial charge in [-0.25, -0.2) is 9.18 Å². The largest absolute Gasteiger partial charge is 0.329 e. The van der Waals surface area contributed by atoms with Gasteiger partial charge in [-0.05, 0) is 44.4 Å². The summed E-state index contributed by atoms with van der Waals surface area (Å²) >= 11 is 0. The highest BCUT2D eigenvalue weighted by molar-refractivity contribution is 5.75. The highest BCUT2D eigenvalue weighted by Gasteiger charge is 2.27. The molecule has 1 heterocycles. The number of nitrogens with zero attached hydrogens (tertiary/aromatic N) is 1. The average Bonchev–Trinajstić information content (AvgIpc) is 2.39. The highest BCUT2D eigenvalue weighted by atomic mass is 19.1. The molecule has 5 heteroatoms. The maximum Gasteiger partial charge on any atom is 0.318 e. The first-order valence-electron chi connectivity index (χ1n) is 6.97. The number of likely N-dealkylation sites (tertiary alicyclic amines) is 1. The molecule has 4 nitrogen and oxygen atoms in total. The molecule has 0 spiro atoms. The van der Waals surface area contributed by atoms with Crippen molar-refractivity contribution in [2.75, 3.05) is 13.1 Å². The molecular formula is C15H22FN3O. The lowest BCUT2D eigenvalue weighted by Gasteiger charge is -2.34. The predicted octanol–water partition coefficient (Wildman–Crippen LogP) is 2.19. The molecule has 0 unspecified atom stereocenters. The van der Waals surface area contributed by atoms with Crippen LogP contribution >= 0.6 is 0 Å². The second-order valence-corrected chi connectivity index (χ2v) is 5.89. The van der Waals surface area contributed by atoms with Crippen molar-refractivity contribution in [1.29, 1.82) is 0 Å². The Labute approximate surface area is 119 Å². The number of urea groups is 1. The van der Waals surface area contributed by atoms with Gasteiger partial charge in [-0.2, -0.15) is 0 Å². The quantitative estimate of drug-likeness (QED) is 0.872. The monoisotopic (exact) mass is 279 g/mol. The zero-order valence-electron chi connectivity index (χ0n) is 12.0. The average molecular weight is 279 g/mol. The Morgan fingerprint density at radius 1 is 1.40 bits per heavy atom. The molecular weight excluding hydrogens is 257 g/mol. The summed E-state index contributed by atoms with van der Waals surface area (Å²) in [5.41, 5.74) is 5.97. The molecule has 1 aliphatic rings.